The van der Waals surface area contributed by atoms with E-state index in [9.17, 15) is 4.79 Å². The largest absolute Gasteiger partial charge is 0.480 e. The Morgan fingerprint density at radius 3 is 2.12 bits per heavy atom. The van der Waals surface area contributed by atoms with Gasteiger partial charge in [-0.2, -0.15) is 0 Å². The Morgan fingerprint density at radius 2 is 1.88 bits per heavy atom. The Morgan fingerprint density at radius 1 is 1.35 bits per heavy atom. The zero-order valence-corrected chi connectivity index (χ0v) is 11.3. The highest BCUT2D eigenvalue weighted by Crippen LogP contribution is 2.16. The van der Waals surface area contributed by atoms with Gasteiger partial charge in [0.05, 0.1) is 0 Å². The van der Waals surface area contributed by atoms with E-state index in [1.54, 1.807) is 20.8 Å². The van der Waals surface area contributed by atoms with Gasteiger partial charge in [0.1, 0.15) is 6.04 Å². The zero-order chi connectivity index (χ0) is 13.9. The lowest BCUT2D eigenvalue weighted by Crippen LogP contribution is -2.41. The highest BCUT2D eigenvalue weighted by molar-refractivity contribution is 5.74. The van der Waals surface area contributed by atoms with Crippen molar-refractivity contribution < 1.29 is 15.0 Å². The molecule has 0 aliphatic carbocycles. The topological polar surface area (TPSA) is 83.5 Å². The van der Waals surface area contributed by atoms with Gasteiger partial charge in [0.2, 0.25) is 0 Å². The maximum absolute atomic E-state index is 10.2. The number of allylic oxidation sites excluding steroid dienone is 1. The molecule has 0 spiro atoms. The third-order valence-electron chi connectivity index (χ3n) is 2.27. The molecular formula is C13H27NO3. The maximum Gasteiger partial charge on any atom is 0.321 e. The number of aliphatic carboxylic acids is 1. The molecule has 0 bridgehead atoms. The Kier molecular flexibility index (Phi) is 11.2. The van der Waals surface area contributed by atoms with E-state index in [4.69, 9.17) is 15.9 Å². The second kappa shape index (κ2) is 10.3. The lowest BCUT2D eigenvalue weighted by Gasteiger charge is -2.22. The zero-order valence-electron chi connectivity index (χ0n) is 11.3. The fraction of sp³-hybridized carbons (Fsp3) is 0.769. The van der Waals surface area contributed by atoms with Crippen LogP contribution in [0.4, 0.5) is 0 Å². The van der Waals surface area contributed by atoms with Crippen LogP contribution in [-0.2, 0) is 4.79 Å². The predicted octanol–water partition coefficient (Wildman–Crippen LogP) is 2.17. The van der Waals surface area contributed by atoms with Crippen molar-refractivity contribution in [3.05, 3.63) is 12.7 Å². The molecule has 0 saturated heterocycles. The van der Waals surface area contributed by atoms with Crippen molar-refractivity contribution in [3.63, 3.8) is 0 Å². The third kappa shape index (κ3) is 13.1. The first-order valence-electron chi connectivity index (χ1n) is 5.97. The van der Waals surface area contributed by atoms with Gasteiger partial charge in [-0.1, -0.05) is 33.3 Å². The third-order valence-corrected chi connectivity index (χ3v) is 2.27. The predicted molar refractivity (Wildman–Crippen MR) is 70.8 cm³/mol. The highest BCUT2D eigenvalue weighted by Gasteiger charge is 2.26. The number of unbranched alkanes of at least 4 members (excludes halogenated alkanes) is 3. The van der Waals surface area contributed by atoms with E-state index in [1.165, 1.54) is 6.42 Å². The van der Waals surface area contributed by atoms with Crippen molar-refractivity contribution >= 4 is 5.97 Å². The van der Waals surface area contributed by atoms with E-state index < -0.39 is 12.0 Å². The molecule has 0 aromatic carbocycles. The van der Waals surface area contributed by atoms with Crippen molar-refractivity contribution in [2.45, 2.75) is 52.5 Å². The number of aliphatic hydroxyl groups excluding tert-OH is 1. The summed E-state index contributed by atoms with van der Waals surface area (Å²) in [6, 6.07) is -0.766. The molecule has 0 unspecified atom stereocenters. The number of carboxylic acids is 1. The molecular weight excluding hydrogens is 218 g/mol. The summed E-state index contributed by atoms with van der Waals surface area (Å²) >= 11 is 0. The SMILES string of the molecule is C=CCCCCCO.CC(C)(C)[C@H](N)C(=O)O. The van der Waals surface area contributed by atoms with Gasteiger partial charge in [0.25, 0.3) is 0 Å². The van der Waals surface area contributed by atoms with Crippen molar-refractivity contribution in [2.75, 3.05) is 6.61 Å². The van der Waals surface area contributed by atoms with Gasteiger partial charge in [-0.25, -0.2) is 0 Å². The van der Waals surface area contributed by atoms with E-state index in [1.807, 2.05) is 6.08 Å². The molecule has 102 valence electrons. The van der Waals surface area contributed by atoms with Crippen molar-refractivity contribution in [3.8, 4) is 0 Å². The number of aliphatic hydroxyl groups is 1. The molecule has 0 aliphatic rings. The highest BCUT2D eigenvalue weighted by atomic mass is 16.4. The van der Waals surface area contributed by atoms with Crippen LogP contribution < -0.4 is 5.73 Å². The summed E-state index contributed by atoms with van der Waals surface area (Å²) in [6.45, 7) is 9.32. The van der Waals surface area contributed by atoms with E-state index in [2.05, 4.69) is 6.58 Å². The van der Waals surface area contributed by atoms with Crippen LogP contribution in [0, 0.1) is 5.41 Å². The van der Waals surface area contributed by atoms with Crippen LogP contribution in [0.1, 0.15) is 46.5 Å². The summed E-state index contributed by atoms with van der Waals surface area (Å²) in [7, 11) is 0. The smallest absolute Gasteiger partial charge is 0.321 e. The van der Waals surface area contributed by atoms with Crippen LogP contribution in [0.3, 0.4) is 0 Å². The standard InChI is InChI=1S/C7H14O.C6H13NO2/c1-2-3-4-5-6-7-8;1-6(2,3)4(7)5(8)9/h2,8H,1,3-7H2;4H,7H2,1-3H3,(H,8,9)/t;4-/m.1/s1. The van der Waals surface area contributed by atoms with E-state index in [-0.39, 0.29) is 5.41 Å². The maximum atomic E-state index is 10.2. The minimum atomic E-state index is -0.942. The van der Waals surface area contributed by atoms with Crippen molar-refractivity contribution in [1.82, 2.24) is 0 Å². The minimum Gasteiger partial charge on any atom is -0.480 e. The first-order valence-corrected chi connectivity index (χ1v) is 5.97. The van der Waals surface area contributed by atoms with E-state index >= 15 is 0 Å². The van der Waals surface area contributed by atoms with E-state index in [0.717, 1.165) is 19.3 Å². The van der Waals surface area contributed by atoms with Gasteiger partial charge in [-0.3, -0.25) is 4.79 Å². The fourth-order valence-electron chi connectivity index (χ4n) is 0.948. The van der Waals surface area contributed by atoms with Gasteiger partial charge in [0, 0.05) is 6.61 Å². The summed E-state index contributed by atoms with van der Waals surface area (Å²) in [4.78, 5) is 10.2. The van der Waals surface area contributed by atoms with Gasteiger partial charge in [-0.15, -0.1) is 6.58 Å². The molecule has 0 saturated carbocycles. The molecule has 0 aromatic rings. The van der Waals surface area contributed by atoms with Crippen LogP contribution in [0.15, 0.2) is 12.7 Å². The normalized spacial score (nSPS) is 12.3. The van der Waals surface area contributed by atoms with Crippen LogP contribution in [-0.4, -0.2) is 28.8 Å². The Bertz CT molecular complexity index is 209. The van der Waals surface area contributed by atoms with Crippen molar-refractivity contribution in [2.24, 2.45) is 11.1 Å². The molecule has 0 aromatic heterocycles. The molecule has 0 radical (unpaired) electrons. The van der Waals surface area contributed by atoms with Gasteiger partial charge in [0.15, 0.2) is 0 Å². The summed E-state index contributed by atoms with van der Waals surface area (Å²) in [5.74, 6) is -0.942. The van der Waals surface area contributed by atoms with Crippen molar-refractivity contribution in [1.29, 1.82) is 0 Å². The fourth-order valence-corrected chi connectivity index (χ4v) is 0.948. The number of carboxylic acid groups (broad SMARTS) is 1. The molecule has 0 amide bonds. The number of nitrogens with two attached hydrogens (primary N) is 1. The number of carbonyl (C=O) groups is 1. The minimum absolute atomic E-state index is 0.330. The molecule has 17 heavy (non-hydrogen) atoms. The number of hydrogen-bond donors (Lipinski definition) is 3. The van der Waals surface area contributed by atoms with E-state index in [0.29, 0.717) is 6.61 Å². The first kappa shape index (κ1) is 18.5. The number of rotatable bonds is 6. The molecule has 0 fully saturated rings. The quantitative estimate of drug-likeness (QED) is 0.494. The van der Waals surface area contributed by atoms with Crippen LogP contribution in [0.25, 0.3) is 0 Å². The molecule has 4 nitrogen and oxygen atoms in total. The summed E-state index contributed by atoms with van der Waals surface area (Å²) < 4.78 is 0. The average Bonchev–Trinajstić information content (AvgIpc) is 2.23. The summed E-state index contributed by atoms with van der Waals surface area (Å²) in [6.07, 6.45) is 6.23. The Labute approximate surface area is 105 Å². The summed E-state index contributed by atoms with van der Waals surface area (Å²) in [5.41, 5.74) is 4.95. The van der Waals surface area contributed by atoms with Gasteiger partial charge >= 0.3 is 5.97 Å². The van der Waals surface area contributed by atoms with Crippen LogP contribution in [0.5, 0.6) is 0 Å². The lowest BCUT2D eigenvalue weighted by atomic mass is 9.88. The second-order valence-corrected chi connectivity index (χ2v) is 5.04. The second-order valence-electron chi connectivity index (χ2n) is 5.04. The van der Waals surface area contributed by atoms with Crippen LogP contribution >= 0.6 is 0 Å². The number of hydrogen-bond acceptors (Lipinski definition) is 3. The lowest BCUT2D eigenvalue weighted by molar-refractivity contribution is -0.141. The van der Waals surface area contributed by atoms with Crippen LogP contribution in [0.2, 0.25) is 0 Å². The first-order chi connectivity index (χ1) is 7.77. The average molecular weight is 245 g/mol. The monoisotopic (exact) mass is 245 g/mol. The molecule has 0 rings (SSSR count). The molecule has 4 heteroatoms. The molecule has 1 atom stereocenters. The molecule has 0 heterocycles. The Hall–Kier alpha value is -0.870. The molecule has 0 aliphatic heterocycles. The van der Waals surface area contributed by atoms with Gasteiger partial charge in [-0.05, 0) is 24.7 Å². The summed E-state index contributed by atoms with van der Waals surface area (Å²) in [5, 5.41) is 16.7. The molecule has 4 N–H and O–H groups in total. The van der Waals surface area contributed by atoms with Gasteiger partial charge < -0.3 is 15.9 Å². The Balaban J connectivity index is 0.